The zero-order valence-electron chi connectivity index (χ0n) is 6.61. The smallest absolute Gasteiger partial charge is 0.212 e. The van der Waals surface area contributed by atoms with Gasteiger partial charge in [0, 0.05) is 6.20 Å². The van der Waals surface area contributed by atoms with E-state index in [1.54, 1.807) is 12.3 Å². The molecule has 1 amide bonds. The molecule has 0 saturated carbocycles. The number of nitrogen functional groups attached to an aromatic ring is 1. The normalized spacial score (nSPS) is 10.2. The summed E-state index contributed by atoms with van der Waals surface area (Å²) in [5.74, 6) is 0.476. The second-order valence-electron chi connectivity index (χ2n) is 2.43. The van der Waals surface area contributed by atoms with Crippen LogP contribution in [0.5, 0.6) is 0 Å². The maximum absolute atomic E-state index is 10.2. The summed E-state index contributed by atoms with van der Waals surface area (Å²) >= 11 is 0. The van der Waals surface area contributed by atoms with Crippen LogP contribution in [-0.4, -0.2) is 21.4 Å². The van der Waals surface area contributed by atoms with Crippen molar-refractivity contribution in [2.45, 2.75) is 0 Å². The Hall–Kier alpha value is -2.11. The van der Waals surface area contributed by atoms with Gasteiger partial charge in [-0.3, -0.25) is 4.79 Å². The molecule has 0 saturated heterocycles. The van der Waals surface area contributed by atoms with Crippen LogP contribution in [0.15, 0.2) is 12.3 Å². The van der Waals surface area contributed by atoms with Gasteiger partial charge in [-0.25, -0.2) is 9.97 Å². The van der Waals surface area contributed by atoms with Gasteiger partial charge in [-0.05, 0) is 6.07 Å². The van der Waals surface area contributed by atoms with Crippen LogP contribution in [0.25, 0.3) is 11.2 Å². The third kappa shape index (κ3) is 1.18. The number of aromatic nitrogens is 3. The Kier molecular flexibility index (Phi) is 1.59. The second kappa shape index (κ2) is 2.74. The van der Waals surface area contributed by atoms with Crippen molar-refractivity contribution in [2.24, 2.45) is 0 Å². The van der Waals surface area contributed by atoms with Crippen molar-refractivity contribution in [3.8, 4) is 0 Å². The van der Waals surface area contributed by atoms with Crippen LogP contribution < -0.4 is 11.1 Å². The molecule has 66 valence electrons. The Labute approximate surface area is 73.2 Å². The summed E-state index contributed by atoms with van der Waals surface area (Å²) in [5.41, 5.74) is 6.79. The first-order valence-electron chi connectivity index (χ1n) is 3.62. The molecule has 0 spiro atoms. The molecule has 0 aliphatic carbocycles. The zero-order chi connectivity index (χ0) is 9.26. The van der Waals surface area contributed by atoms with Crippen LogP contribution >= 0.6 is 0 Å². The fourth-order valence-corrected chi connectivity index (χ4v) is 1.05. The highest BCUT2D eigenvalue weighted by Gasteiger charge is 2.04. The van der Waals surface area contributed by atoms with Gasteiger partial charge in [-0.1, -0.05) is 0 Å². The van der Waals surface area contributed by atoms with E-state index < -0.39 is 0 Å². The largest absolute Gasteiger partial charge is 0.381 e. The number of aromatic amines is 1. The first-order valence-corrected chi connectivity index (χ1v) is 3.62. The van der Waals surface area contributed by atoms with Crippen LogP contribution in [-0.2, 0) is 4.79 Å². The van der Waals surface area contributed by atoms with Gasteiger partial charge < -0.3 is 16.0 Å². The summed E-state index contributed by atoms with van der Waals surface area (Å²) < 4.78 is 0. The maximum atomic E-state index is 10.2. The Morgan fingerprint density at radius 2 is 2.38 bits per heavy atom. The van der Waals surface area contributed by atoms with E-state index in [-0.39, 0.29) is 11.6 Å². The lowest BCUT2D eigenvalue weighted by molar-refractivity contribution is -0.105. The minimum Gasteiger partial charge on any atom is -0.381 e. The van der Waals surface area contributed by atoms with E-state index in [4.69, 9.17) is 5.73 Å². The molecule has 0 aliphatic rings. The number of carbonyl (C=O) groups excluding carboxylic acids is 1. The molecule has 4 N–H and O–H groups in total. The van der Waals surface area contributed by atoms with E-state index >= 15 is 0 Å². The maximum Gasteiger partial charge on any atom is 0.212 e. The second-order valence-corrected chi connectivity index (χ2v) is 2.43. The number of H-pyrrole nitrogens is 1. The lowest BCUT2D eigenvalue weighted by Crippen LogP contribution is -2.03. The van der Waals surface area contributed by atoms with Crippen molar-refractivity contribution in [1.82, 2.24) is 15.0 Å². The van der Waals surface area contributed by atoms with Gasteiger partial charge in [0.2, 0.25) is 6.41 Å². The van der Waals surface area contributed by atoms with Crippen LogP contribution in [0.1, 0.15) is 0 Å². The summed E-state index contributed by atoms with van der Waals surface area (Å²) in [6, 6.07) is 1.75. The van der Waals surface area contributed by atoms with E-state index in [9.17, 15) is 4.79 Å². The van der Waals surface area contributed by atoms with Gasteiger partial charge in [-0.15, -0.1) is 0 Å². The number of carbonyl (C=O) groups is 1. The highest BCUT2D eigenvalue weighted by molar-refractivity contribution is 5.81. The van der Waals surface area contributed by atoms with Crippen molar-refractivity contribution in [3.63, 3.8) is 0 Å². The number of fused-ring (bicyclic) bond motifs is 1. The number of anilines is 2. The van der Waals surface area contributed by atoms with Gasteiger partial charge >= 0.3 is 0 Å². The molecule has 0 aromatic carbocycles. The molecule has 0 unspecified atom stereocenters. The Morgan fingerprint density at radius 1 is 1.54 bits per heavy atom. The third-order valence-electron chi connectivity index (χ3n) is 1.61. The Bertz CT molecular complexity index is 449. The van der Waals surface area contributed by atoms with Crippen molar-refractivity contribution >= 4 is 29.2 Å². The molecule has 2 rings (SSSR count). The van der Waals surface area contributed by atoms with E-state index in [1.807, 2.05) is 0 Å². The highest BCUT2D eigenvalue weighted by Crippen LogP contribution is 2.16. The molecule has 2 heterocycles. The van der Waals surface area contributed by atoms with Gasteiger partial charge in [-0.2, -0.15) is 0 Å². The van der Waals surface area contributed by atoms with Crippen LogP contribution in [0.3, 0.4) is 0 Å². The van der Waals surface area contributed by atoms with Gasteiger partial charge in [0.25, 0.3) is 0 Å². The minimum absolute atomic E-state index is 0.196. The van der Waals surface area contributed by atoms with E-state index in [0.29, 0.717) is 17.6 Å². The molecule has 0 fully saturated rings. The van der Waals surface area contributed by atoms with Crippen molar-refractivity contribution < 1.29 is 4.79 Å². The molecule has 2 aromatic heterocycles. The Balaban J connectivity index is 2.62. The number of rotatable bonds is 2. The van der Waals surface area contributed by atoms with Crippen LogP contribution in [0.4, 0.5) is 11.6 Å². The lowest BCUT2D eigenvalue weighted by atomic mass is 10.5. The van der Waals surface area contributed by atoms with Crippen molar-refractivity contribution in [1.29, 1.82) is 0 Å². The molecular weight excluding hydrogens is 170 g/mol. The molecule has 6 heteroatoms. The number of amides is 1. The molecule has 13 heavy (non-hydrogen) atoms. The van der Waals surface area contributed by atoms with E-state index in [1.165, 1.54) is 0 Å². The predicted molar refractivity (Wildman–Crippen MR) is 48.0 cm³/mol. The minimum atomic E-state index is 0.196. The van der Waals surface area contributed by atoms with Gasteiger partial charge in [0.05, 0.1) is 0 Å². The zero-order valence-corrected chi connectivity index (χ0v) is 6.61. The predicted octanol–water partition coefficient (Wildman–Crippen LogP) is 0.108. The molecule has 0 bridgehead atoms. The molecular formula is C7H7N5O. The highest BCUT2D eigenvalue weighted by atomic mass is 16.1. The number of nitrogens with zero attached hydrogens (tertiary/aromatic N) is 2. The van der Waals surface area contributed by atoms with Crippen molar-refractivity contribution in [3.05, 3.63) is 12.3 Å². The van der Waals surface area contributed by atoms with E-state index in [2.05, 4.69) is 20.3 Å². The van der Waals surface area contributed by atoms with Crippen LogP contribution in [0.2, 0.25) is 0 Å². The van der Waals surface area contributed by atoms with Crippen LogP contribution in [0, 0.1) is 0 Å². The SMILES string of the molecule is Nc1nc2[nH]ccc2nc1NC=O. The van der Waals surface area contributed by atoms with Gasteiger partial charge in [0.15, 0.2) is 17.3 Å². The summed E-state index contributed by atoms with van der Waals surface area (Å²) in [6.45, 7) is 0. The lowest BCUT2D eigenvalue weighted by Gasteiger charge is -2.00. The fourth-order valence-electron chi connectivity index (χ4n) is 1.05. The number of hydrogen-bond donors (Lipinski definition) is 3. The summed E-state index contributed by atoms with van der Waals surface area (Å²) in [4.78, 5) is 21.1. The molecule has 0 atom stereocenters. The number of nitrogens with two attached hydrogens (primary N) is 1. The summed E-state index contributed by atoms with van der Waals surface area (Å²) in [7, 11) is 0. The average molecular weight is 177 g/mol. The number of nitrogens with one attached hydrogen (secondary N) is 2. The fraction of sp³-hybridized carbons (Fsp3) is 0. The third-order valence-corrected chi connectivity index (χ3v) is 1.61. The average Bonchev–Trinajstić information content (AvgIpc) is 2.52. The standard InChI is InChI=1S/C7H7N5O/c8-5-7(10-3-13)11-4-1-2-9-6(4)12-5/h1-3H,(H3,8,9,12)(H,10,11,13). The number of hydrogen-bond acceptors (Lipinski definition) is 4. The molecule has 0 radical (unpaired) electrons. The first-order chi connectivity index (χ1) is 6.31. The molecule has 6 nitrogen and oxygen atoms in total. The monoisotopic (exact) mass is 177 g/mol. The topological polar surface area (TPSA) is 96.7 Å². The quantitative estimate of drug-likeness (QED) is 0.567. The Morgan fingerprint density at radius 3 is 3.15 bits per heavy atom. The molecule has 0 aliphatic heterocycles. The molecule has 2 aromatic rings. The van der Waals surface area contributed by atoms with Gasteiger partial charge in [0.1, 0.15) is 5.52 Å². The summed E-state index contributed by atoms with van der Waals surface area (Å²) in [5, 5.41) is 2.36. The first kappa shape index (κ1) is 7.53. The van der Waals surface area contributed by atoms with E-state index in [0.717, 1.165) is 0 Å². The summed E-state index contributed by atoms with van der Waals surface area (Å²) in [6.07, 6.45) is 2.22. The van der Waals surface area contributed by atoms with Crippen molar-refractivity contribution in [2.75, 3.05) is 11.1 Å².